The van der Waals surface area contributed by atoms with Crippen molar-refractivity contribution in [2.24, 2.45) is 0 Å². The van der Waals surface area contributed by atoms with Crippen molar-refractivity contribution in [3.05, 3.63) is 90.0 Å². The average Bonchev–Trinajstić information content (AvgIpc) is 3.44. The van der Waals surface area contributed by atoms with E-state index in [0.717, 1.165) is 11.3 Å². The minimum Gasteiger partial charge on any atom is -0.497 e. The standard InChI is InChI=1S/C28H32N2O4S2/c1-34-23-15-17-25(18-16-23)36(32,33)30(21-22-9-3-2-4-10-22)27-14-8-7-13-26(27)28(31)29-19-20-35-24-11-5-6-12-24/h2-4,7-10,13-18,24H,5-6,11-12,19-21H2,1H3,(H,29,31). The fourth-order valence-corrected chi connectivity index (χ4v) is 7.04. The highest BCUT2D eigenvalue weighted by atomic mass is 32.2. The van der Waals surface area contributed by atoms with Crippen molar-refractivity contribution >= 4 is 33.4 Å². The van der Waals surface area contributed by atoms with Gasteiger partial charge >= 0.3 is 0 Å². The zero-order chi connectivity index (χ0) is 25.4. The lowest BCUT2D eigenvalue weighted by Gasteiger charge is -2.26. The second-order valence-electron chi connectivity index (χ2n) is 8.72. The molecular formula is C28H32N2O4S2. The number of rotatable bonds is 11. The Balaban J connectivity index is 1.61. The van der Waals surface area contributed by atoms with Crippen LogP contribution in [0.15, 0.2) is 83.8 Å². The highest BCUT2D eigenvalue weighted by molar-refractivity contribution is 7.99. The second-order valence-corrected chi connectivity index (χ2v) is 12.0. The Hall–Kier alpha value is -2.97. The van der Waals surface area contributed by atoms with Gasteiger partial charge in [0.25, 0.3) is 15.9 Å². The van der Waals surface area contributed by atoms with Crippen LogP contribution in [-0.2, 0) is 16.6 Å². The fraction of sp³-hybridized carbons (Fsp3) is 0.321. The molecule has 0 unspecified atom stereocenters. The minimum absolute atomic E-state index is 0.0943. The van der Waals surface area contributed by atoms with Crippen LogP contribution in [0.1, 0.15) is 41.6 Å². The number of carbonyl (C=O) groups excluding carboxylic acids is 1. The molecule has 4 rings (SSSR count). The van der Waals surface area contributed by atoms with E-state index < -0.39 is 10.0 Å². The van der Waals surface area contributed by atoms with Crippen LogP contribution >= 0.6 is 11.8 Å². The van der Waals surface area contributed by atoms with Crippen molar-refractivity contribution in [3.8, 4) is 5.75 Å². The van der Waals surface area contributed by atoms with Gasteiger partial charge in [-0.2, -0.15) is 11.8 Å². The van der Waals surface area contributed by atoms with Crippen molar-refractivity contribution in [2.75, 3.05) is 23.7 Å². The molecular weight excluding hydrogens is 492 g/mol. The summed E-state index contributed by atoms with van der Waals surface area (Å²) in [6, 6.07) is 22.5. The average molecular weight is 525 g/mol. The lowest BCUT2D eigenvalue weighted by Crippen LogP contribution is -2.34. The third kappa shape index (κ3) is 6.42. The van der Waals surface area contributed by atoms with E-state index in [9.17, 15) is 13.2 Å². The zero-order valence-corrected chi connectivity index (χ0v) is 22.1. The number of carbonyl (C=O) groups is 1. The summed E-state index contributed by atoms with van der Waals surface area (Å²) in [5.74, 6) is 1.13. The largest absolute Gasteiger partial charge is 0.497 e. The summed E-state index contributed by atoms with van der Waals surface area (Å²) in [6.45, 7) is 0.634. The number of amides is 1. The number of methoxy groups -OCH3 is 1. The van der Waals surface area contributed by atoms with Gasteiger partial charge in [-0.25, -0.2) is 8.42 Å². The quantitative estimate of drug-likeness (QED) is 0.336. The number of thioether (sulfide) groups is 1. The molecule has 1 fully saturated rings. The summed E-state index contributed by atoms with van der Waals surface area (Å²) in [7, 11) is -2.44. The smallest absolute Gasteiger partial charge is 0.264 e. The second kappa shape index (κ2) is 12.3. The molecule has 6 nitrogen and oxygen atoms in total. The number of ether oxygens (including phenoxy) is 1. The highest BCUT2D eigenvalue weighted by Crippen LogP contribution is 2.31. The van der Waals surface area contributed by atoms with E-state index in [-0.39, 0.29) is 17.3 Å². The van der Waals surface area contributed by atoms with Gasteiger partial charge in [0.05, 0.1) is 29.8 Å². The molecule has 0 aromatic heterocycles. The van der Waals surface area contributed by atoms with E-state index in [4.69, 9.17) is 4.74 Å². The first kappa shape index (κ1) is 26.1. The van der Waals surface area contributed by atoms with E-state index in [1.165, 1.54) is 49.2 Å². The van der Waals surface area contributed by atoms with Crippen LogP contribution in [0.5, 0.6) is 5.75 Å². The molecule has 0 atom stereocenters. The predicted molar refractivity (Wildman–Crippen MR) is 146 cm³/mol. The number of hydrogen-bond donors (Lipinski definition) is 1. The summed E-state index contributed by atoms with van der Waals surface area (Å²) < 4.78 is 34.2. The van der Waals surface area contributed by atoms with Crippen molar-refractivity contribution < 1.29 is 17.9 Å². The molecule has 1 saturated carbocycles. The van der Waals surface area contributed by atoms with E-state index in [1.54, 1.807) is 36.4 Å². The monoisotopic (exact) mass is 524 g/mol. The molecule has 0 heterocycles. The molecule has 3 aromatic rings. The van der Waals surface area contributed by atoms with Gasteiger partial charge in [0.15, 0.2) is 0 Å². The van der Waals surface area contributed by atoms with Crippen LogP contribution in [0, 0.1) is 0 Å². The van der Waals surface area contributed by atoms with Gasteiger partial charge in [-0.05, 0) is 54.8 Å². The van der Waals surface area contributed by atoms with Gasteiger partial charge in [-0.3, -0.25) is 9.10 Å². The third-order valence-electron chi connectivity index (χ3n) is 6.28. The number of sulfonamides is 1. The Morgan fingerprint density at radius 3 is 2.33 bits per heavy atom. The van der Waals surface area contributed by atoms with Crippen LogP contribution in [0.2, 0.25) is 0 Å². The van der Waals surface area contributed by atoms with Crippen molar-refractivity contribution in [1.82, 2.24) is 5.32 Å². The van der Waals surface area contributed by atoms with Crippen LogP contribution in [-0.4, -0.2) is 39.0 Å². The first-order chi connectivity index (χ1) is 17.5. The van der Waals surface area contributed by atoms with Gasteiger partial charge in [0, 0.05) is 17.5 Å². The molecule has 1 aliphatic carbocycles. The fourth-order valence-electron chi connectivity index (χ4n) is 4.35. The molecule has 8 heteroatoms. The van der Waals surface area contributed by atoms with Crippen molar-refractivity contribution in [1.29, 1.82) is 0 Å². The van der Waals surface area contributed by atoms with Crippen LogP contribution in [0.25, 0.3) is 0 Å². The number of para-hydroxylation sites is 1. The third-order valence-corrected chi connectivity index (χ3v) is 9.43. The number of hydrogen-bond acceptors (Lipinski definition) is 5. The SMILES string of the molecule is COc1ccc(S(=O)(=O)N(Cc2ccccc2)c2ccccc2C(=O)NCCSC2CCCC2)cc1. The Kier molecular flexibility index (Phi) is 8.93. The summed E-state index contributed by atoms with van der Waals surface area (Å²) >= 11 is 1.91. The molecule has 36 heavy (non-hydrogen) atoms. The predicted octanol–water partition coefficient (Wildman–Crippen LogP) is 5.50. The maximum absolute atomic E-state index is 13.9. The summed E-state index contributed by atoms with van der Waals surface area (Å²) in [6.07, 6.45) is 5.08. The molecule has 0 spiro atoms. The molecule has 1 amide bonds. The molecule has 1 N–H and O–H groups in total. The maximum Gasteiger partial charge on any atom is 0.264 e. The molecule has 0 radical (unpaired) electrons. The summed E-state index contributed by atoms with van der Waals surface area (Å²) in [4.78, 5) is 13.3. The topological polar surface area (TPSA) is 75.7 Å². The van der Waals surface area contributed by atoms with E-state index in [0.29, 0.717) is 28.8 Å². The molecule has 1 aliphatic rings. The van der Waals surface area contributed by atoms with Crippen LogP contribution in [0.3, 0.4) is 0 Å². The molecule has 0 aliphatic heterocycles. The van der Waals surface area contributed by atoms with Gasteiger partial charge < -0.3 is 10.1 Å². The first-order valence-electron chi connectivity index (χ1n) is 12.2. The summed E-state index contributed by atoms with van der Waals surface area (Å²) in [5, 5.41) is 3.68. The lowest BCUT2D eigenvalue weighted by molar-refractivity contribution is 0.0957. The zero-order valence-electron chi connectivity index (χ0n) is 20.4. The van der Waals surface area contributed by atoms with E-state index in [1.807, 2.05) is 42.1 Å². The van der Waals surface area contributed by atoms with Gasteiger partial charge in [-0.15, -0.1) is 0 Å². The van der Waals surface area contributed by atoms with Crippen molar-refractivity contribution in [3.63, 3.8) is 0 Å². The van der Waals surface area contributed by atoms with Gasteiger partial charge in [0.2, 0.25) is 0 Å². The Morgan fingerprint density at radius 2 is 1.64 bits per heavy atom. The van der Waals surface area contributed by atoms with Gasteiger partial charge in [0.1, 0.15) is 5.75 Å². The first-order valence-corrected chi connectivity index (χ1v) is 14.7. The molecule has 0 bridgehead atoms. The Morgan fingerprint density at radius 1 is 0.972 bits per heavy atom. The number of anilines is 1. The minimum atomic E-state index is -3.98. The number of nitrogens with zero attached hydrogens (tertiary/aromatic N) is 1. The van der Waals surface area contributed by atoms with Crippen LogP contribution in [0.4, 0.5) is 5.69 Å². The van der Waals surface area contributed by atoms with E-state index in [2.05, 4.69) is 5.32 Å². The van der Waals surface area contributed by atoms with Crippen LogP contribution < -0.4 is 14.4 Å². The molecule has 3 aromatic carbocycles. The number of benzene rings is 3. The van der Waals surface area contributed by atoms with E-state index >= 15 is 0 Å². The van der Waals surface area contributed by atoms with Gasteiger partial charge in [-0.1, -0.05) is 55.3 Å². The highest BCUT2D eigenvalue weighted by Gasteiger charge is 2.28. The Bertz CT molecular complexity index is 1240. The Labute approximate surface area is 218 Å². The number of nitrogens with one attached hydrogen (secondary N) is 1. The molecule has 0 saturated heterocycles. The lowest BCUT2D eigenvalue weighted by atomic mass is 10.1. The normalized spacial score (nSPS) is 13.9. The maximum atomic E-state index is 13.9. The molecule has 190 valence electrons. The van der Waals surface area contributed by atoms with Crippen molar-refractivity contribution in [2.45, 2.75) is 42.4 Å². The summed E-state index contributed by atoms with van der Waals surface area (Å²) in [5.41, 5.74) is 1.49.